The van der Waals surface area contributed by atoms with Crippen molar-refractivity contribution in [2.75, 3.05) is 20.7 Å². The number of hydrazine groups is 1. The van der Waals surface area contributed by atoms with E-state index in [2.05, 4.69) is 22.7 Å². The number of ether oxygens (including phenoxy) is 1. The Hall–Kier alpha value is -1.63. The van der Waals surface area contributed by atoms with Crippen LogP contribution >= 0.6 is 0 Å². The number of rotatable bonds is 8. The molecule has 1 unspecified atom stereocenters. The van der Waals surface area contributed by atoms with E-state index in [9.17, 15) is 4.79 Å². The van der Waals surface area contributed by atoms with Gasteiger partial charge in [0.25, 0.3) is 0 Å². The highest BCUT2D eigenvalue weighted by atomic mass is 16.7. The highest BCUT2D eigenvalue weighted by molar-refractivity contribution is 5.69. The van der Waals surface area contributed by atoms with E-state index < -0.39 is 0 Å². The Morgan fingerprint density at radius 3 is 2.80 bits per heavy atom. The molecule has 0 bridgehead atoms. The second kappa shape index (κ2) is 8.52. The summed E-state index contributed by atoms with van der Waals surface area (Å²) in [6.07, 6.45) is 1.14. The number of carbonyl (C=O) groups excluding carboxylic acids is 1. The van der Waals surface area contributed by atoms with E-state index in [4.69, 9.17) is 10.6 Å². The highest BCUT2D eigenvalue weighted by Crippen LogP contribution is 2.20. The molecule has 0 radical (unpaired) electrons. The summed E-state index contributed by atoms with van der Waals surface area (Å²) in [6, 6.07) is 8.23. The first kappa shape index (κ1) is 16.4. The molecule has 1 aromatic rings. The molecule has 1 atom stereocenters. The van der Waals surface area contributed by atoms with Gasteiger partial charge in [-0.1, -0.05) is 23.8 Å². The molecule has 6 heteroatoms. The fourth-order valence-corrected chi connectivity index (χ4v) is 1.95. The van der Waals surface area contributed by atoms with E-state index in [1.165, 1.54) is 0 Å². The molecule has 0 spiro atoms. The van der Waals surface area contributed by atoms with Gasteiger partial charge in [-0.3, -0.25) is 4.79 Å². The van der Waals surface area contributed by atoms with E-state index in [1.807, 2.05) is 30.8 Å². The Kier molecular flexibility index (Phi) is 7.00. The van der Waals surface area contributed by atoms with Gasteiger partial charge in [-0.25, -0.2) is 5.84 Å². The third-order valence-electron chi connectivity index (χ3n) is 3.30. The van der Waals surface area contributed by atoms with Gasteiger partial charge in [0.1, 0.15) is 5.75 Å². The summed E-state index contributed by atoms with van der Waals surface area (Å²) >= 11 is 0. The van der Waals surface area contributed by atoms with E-state index >= 15 is 0 Å². The average Bonchev–Trinajstić information content (AvgIpc) is 2.45. The summed E-state index contributed by atoms with van der Waals surface area (Å²) in [5.74, 6) is 5.43. The normalized spacial score (nSPS) is 12.2. The zero-order chi connectivity index (χ0) is 15.0. The van der Waals surface area contributed by atoms with Gasteiger partial charge >= 0.3 is 5.97 Å². The van der Waals surface area contributed by atoms with Crippen LogP contribution < -0.4 is 16.2 Å². The number of nitrogens with zero attached hydrogens (tertiary/aromatic N) is 1. The van der Waals surface area contributed by atoms with Gasteiger partial charge in [0.05, 0.1) is 13.5 Å². The van der Waals surface area contributed by atoms with Gasteiger partial charge in [-0.15, -0.1) is 0 Å². The van der Waals surface area contributed by atoms with Gasteiger partial charge in [0, 0.05) is 12.6 Å². The highest BCUT2D eigenvalue weighted by Gasteiger charge is 2.14. The van der Waals surface area contributed by atoms with E-state index in [0.29, 0.717) is 6.54 Å². The first-order chi connectivity index (χ1) is 9.58. The van der Waals surface area contributed by atoms with Crippen molar-refractivity contribution in [1.29, 1.82) is 0 Å². The van der Waals surface area contributed by atoms with Crippen molar-refractivity contribution >= 4 is 5.97 Å². The SMILES string of the molecule is COc1ccccc1CC(C)N(C)CCC(=O)ONN. The molecule has 1 aromatic carbocycles. The van der Waals surface area contributed by atoms with Crippen LogP contribution in [0.3, 0.4) is 0 Å². The van der Waals surface area contributed by atoms with Gasteiger partial charge in [-0.2, -0.15) is 0 Å². The molecule has 0 aliphatic heterocycles. The summed E-state index contributed by atoms with van der Waals surface area (Å²) in [4.78, 5) is 17.8. The number of benzene rings is 1. The van der Waals surface area contributed by atoms with Crippen LogP contribution in [0.15, 0.2) is 24.3 Å². The Balaban J connectivity index is 2.48. The second-order valence-corrected chi connectivity index (χ2v) is 4.69. The molecule has 1 rings (SSSR count). The Bertz CT molecular complexity index is 426. The lowest BCUT2D eigenvalue weighted by atomic mass is 10.1. The predicted molar refractivity (Wildman–Crippen MR) is 76.8 cm³/mol. The third-order valence-corrected chi connectivity index (χ3v) is 3.30. The molecule has 0 heterocycles. The summed E-state index contributed by atoms with van der Waals surface area (Å²) < 4.78 is 5.34. The number of nitrogens with two attached hydrogens (primary N) is 1. The topological polar surface area (TPSA) is 76.8 Å². The lowest BCUT2D eigenvalue weighted by molar-refractivity contribution is -0.151. The maximum absolute atomic E-state index is 11.2. The summed E-state index contributed by atoms with van der Waals surface area (Å²) in [5.41, 5.74) is 3.04. The molecule has 0 amide bonds. The Morgan fingerprint density at radius 1 is 1.45 bits per heavy atom. The number of hydrogen-bond donors (Lipinski definition) is 2. The number of methoxy groups -OCH3 is 1. The smallest absolute Gasteiger partial charge is 0.327 e. The molecular weight excluding hydrogens is 258 g/mol. The van der Waals surface area contributed by atoms with E-state index in [0.717, 1.165) is 17.7 Å². The number of para-hydroxylation sites is 1. The van der Waals surface area contributed by atoms with Crippen molar-refractivity contribution in [3.8, 4) is 5.75 Å². The molecule has 0 fully saturated rings. The average molecular weight is 281 g/mol. The Labute approximate surface area is 119 Å². The minimum atomic E-state index is -0.371. The van der Waals surface area contributed by atoms with Gasteiger partial charge < -0.3 is 14.5 Å². The largest absolute Gasteiger partial charge is 0.496 e. The van der Waals surface area contributed by atoms with E-state index in [-0.39, 0.29) is 18.4 Å². The monoisotopic (exact) mass is 281 g/mol. The number of likely N-dealkylation sites (N-methyl/N-ethyl adjacent to an activating group) is 1. The molecule has 0 aliphatic carbocycles. The third kappa shape index (κ3) is 5.16. The minimum Gasteiger partial charge on any atom is -0.496 e. The Morgan fingerprint density at radius 2 is 2.15 bits per heavy atom. The lowest BCUT2D eigenvalue weighted by Crippen LogP contribution is -2.34. The van der Waals surface area contributed by atoms with Gasteiger partial charge in [0.2, 0.25) is 0 Å². The van der Waals surface area contributed by atoms with Crippen LogP contribution in [0.25, 0.3) is 0 Å². The fraction of sp³-hybridized carbons (Fsp3) is 0.500. The second-order valence-electron chi connectivity index (χ2n) is 4.69. The van der Waals surface area contributed by atoms with Crippen molar-refractivity contribution in [3.05, 3.63) is 29.8 Å². The van der Waals surface area contributed by atoms with E-state index in [1.54, 1.807) is 7.11 Å². The maximum atomic E-state index is 11.2. The summed E-state index contributed by atoms with van der Waals surface area (Å²) in [7, 11) is 3.65. The van der Waals surface area contributed by atoms with Crippen LogP contribution in [-0.4, -0.2) is 37.6 Å². The maximum Gasteiger partial charge on any atom is 0.327 e. The standard InChI is InChI=1S/C14H23N3O3/c1-11(17(2)9-8-14(18)20-16-15)10-12-6-4-5-7-13(12)19-3/h4-7,11,16H,8-10,15H2,1-3H3. The first-order valence-electron chi connectivity index (χ1n) is 6.56. The van der Waals surface area contributed by atoms with Crippen LogP contribution in [0, 0.1) is 0 Å². The van der Waals surface area contributed by atoms with Crippen LogP contribution in [0.5, 0.6) is 5.75 Å². The summed E-state index contributed by atoms with van der Waals surface area (Å²) in [6.45, 7) is 2.72. The molecule has 0 saturated carbocycles. The van der Waals surface area contributed by atoms with Crippen LogP contribution in [0.4, 0.5) is 0 Å². The molecule has 112 valence electrons. The zero-order valence-electron chi connectivity index (χ0n) is 12.3. The van der Waals surface area contributed by atoms with Crippen molar-refractivity contribution in [2.24, 2.45) is 5.84 Å². The quantitative estimate of drug-likeness (QED) is 0.544. The zero-order valence-corrected chi connectivity index (χ0v) is 12.3. The van der Waals surface area contributed by atoms with Crippen molar-refractivity contribution in [3.63, 3.8) is 0 Å². The molecule has 0 aliphatic rings. The van der Waals surface area contributed by atoms with Crippen molar-refractivity contribution < 1.29 is 14.4 Å². The molecule has 0 aromatic heterocycles. The van der Waals surface area contributed by atoms with Gasteiger partial charge in [0.15, 0.2) is 0 Å². The number of hydrogen-bond acceptors (Lipinski definition) is 6. The first-order valence-corrected chi connectivity index (χ1v) is 6.56. The minimum absolute atomic E-state index is 0.282. The molecular formula is C14H23N3O3. The predicted octanol–water partition coefficient (Wildman–Crippen LogP) is 0.870. The van der Waals surface area contributed by atoms with Crippen molar-refractivity contribution in [1.82, 2.24) is 10.5 Å². The molecule has 6 nitrogen and oxygen atoms in total. The van der Waals surface area contributed by atoms with Crippen LogP contribution in [-0.2, 0) is 16.1 Å². The lowest BCUT2D eigenvalue weighted by Gasteiger charge is -2.24. The van der Waals surface area contributed by atoms with Gasteiger partial charge in [-0.05, 0) is 32.0 Å². The molecule has 20 heavy (non-hydrogen) atoms. The van der Waals surface area contributed by atoms with Crippen molar-refractivity contribution in [2.45, 2.75) is 25.8 Å². The molecule has 0 saturated heterocycles. The molecule has 3 N–H and O–H groups in total. The number of nitrogens with one attached hydrogen (secondary N) is 1. The van der Waals surface area contributed by atoms with Crippen LogP contribution in [0.1, 0.15) is 18.9 Å². The fourth-order valence-electron chi connectivity index (χ4n) is 1.95. The summed E-state index contributed by atoms with van der Waals surface area (Å²) in [5, 5.41) is 0. The van der Waals surface area contributed by atoms with Crippen LogP contribution in [0.2, 0.25) is 0 Å². The number of carbonyl (C=O) groups is 1.